The van der Waals surface area contributed by atoms with Crippen LogP contribution in [0, 0.1) is 0 Å². The predicted octanol–water partition coefficient (Wildman–Crippen LogP) is 4.54. The first-order valence-corrected chi connectivity index (χ1v) is 7.97. The monoisotopic (exact) mass is 314 g/mol. The van der Waals surface area contributed by atoms with Gasteiger partial charge in [-0.25, -0.2) is 0 Å². The number of benzene rings is 3. The first-order valence-electron chi connectivity index (χ1n) is 7.97. The lowest BCUT2D eigenvalue weighted by Crippen LogP contribution is -2.05. The molecule has 0 aliphatic heterocycles. The Kier molecular flexibility index (Phi) is 4.97. The lowest BCUT2D eigenvalue weighted by molar-refractivity contribution is 0.0986. The molecule has 0 heterocycles. The molecule has 0 bridgehead atoms. The largest absolute Gasteiger partial charge is 0.294 e. The summed E-state index contributed by atoms with van der Waals surface area (Å²) < 4.78 is 0. The minimum atomic E-state index is 0.0824. The first kappa shape index (κ1) is 15.9. The molecule has 0 aliphatic rings. The van der Waals surface area contributed by atoms with E-state index in [1.165, 1.54) is 0 Å². The van der Waals surface area contributed by atoms with E-state index in [4.69, 9.17) is 0 Å². The molecule has 3 rings (SSSR count). The van der Waals surface area contributed by atoms with Crippen molar-refractivity contribution in [1.82, 2.24) is 0 Å². The summed E-state index contributed by atoms with van der Waals surface area (Å²) in [4.78, 5) is 24.5. The highest BCUT2D eigenvalue weighted by molar-refractivity contribution is 5.99. The van der Waals surface area contributed by atoms with Crippen LogP contribution in [0.25, 0.3) is 0 Å². The van der Waals surface area contributed by atoms with Crippen LogP contribution in [-0.2, 0) is 12.8 Å². The molecule has 0 atom stereocenters. The number of rotatable bonds is 6. The molecule has 118 valence electrons. The van der Waals surface area contributed by atoms with Gasteiger partial charge in [-0.15, -0.1) is 0 Å². The summed E-state index contributed by atoms with van der Waals surface area (Å²) in [5.74, 6) is 0.168. The van der Waals surface area contributed by atoms with Crippen LogP contribution in [-0.4, -0.2) is 11.6 Å². The SMILES string of the molecule is O=C(Cc1ccc(C(=O)Cc2ccccc2)cc1)c1ccccc1. The van der Waals surface area contributed by atoms with Crippen molar-refractivity contribution in [3.63, 3.8) is 0 Å². The minimum Gasteiger partial charge on any atom is -0.294 e. The third kappa shape index (κ3) is 4.05. The molecule has 0 amide bonds. The van der Waals surface area contributed by atoms with Gasteiger partial charge in [0.15, 0.2) is 11.6 Å². The highest BCUT2D eigenvalue weighted by Crippen LogP contribution is 2.12. The molecule has 0 saturated heterocycles. The smallest absolute Gasteiger partial charge is 0.167 e. The van der Waals surface area contributed by atoms with Gasteiger partial charge in [0.25, 0.3) is 0 Å². The number of Topliss-reactive ketones (excluding diaryl/α,β-unsaturated/α-hetero) is 2. The zero-order valence-electron chi connectivity index (χ0n) is 13.3. The van der Waals surface area contributed by atoms with Crippen LogP contribution in [0.3, 0.4) is 0 Å². The Labute approximate surface area is 141 Å². The Bertz CT molecular complexity index is 819. The van der Waals surface area contributed by atoms with Crippen LogP contribution in [0.4, 0.5) is 0 Å². The maximum Gasteiger partial charge on any atom is 0.167 e. The van der Waals surface area contributed by atoms with Crippen LogP contribution < -0.4 is 0 Å². The molecule has 3 aromatic carbocycles. The number of carbonyl (C=O) groups is 2. The van der Waals surface area contributed by atoms with Crippen molar-refractivity contribution in [1.29, 1.82) is 0 Å². The van der Waals surface area contributed by atoms with Crippen LogP contribution in [0.1, 0.15) is 31.8 Å². The molecule has 0 saturated carbocycles. The van der Waals surface area contributed by atoms with Gasteiger partial charge in [-0.2, -0.15) is 0 Å². The van der Waals surface area contributed by atoms with E-state index < -0.39 is 0 Å². The summed E-state index contributed by atoms with van der Waals surface area (Å²) in [6, 6.07) is 26.3. The van der Waals surface area contributed by atoms with Gasteiger partial charge in [0.1, 0.15) is 0 Å². The fourth-order valence-corrected chi connectivity index (χ4v) is 2.60. The third-order valence-corrected chi connectivity index (χ3v) is 3.94. The quantitative estimate of drug-likeness (QED) is 0.626. The lowest BCUT2D eigenvalue weighted by Gasteiger charge is -2.04. The third-order valence-electron chi connectivity index (χ3n) is 3.94. The molecular weight excluding hydrogens is 296 g/mol. The zero-order chi connectivity index (χ0) is 16.8. The van der Waals surface area contributed by atoms with E-state index in [0.29, 0.717) is 24.0 Å². The van der Waals surface area contributed by atoms with Gasteiger partial charge in [0.05, 0.1) is 0 Å². The molecule has 0 aliphatic carbocycles. The van der Waals surface area contributed by atoms with Crippen LogP contribution in [0.5, 0.6) is 0 Å². The van der Waals surface area contributed by atoms with Crippen LogP contribution in [0.2, 0.25) is 0 Å². The van der Waals surface area contributed by atoms with Gasteiger partial charge < -0.3 is 0 Å². The van der Waals surface area contributed by atoms with Gasteiger partial charge in [0.2, 0.25) is 0 Å². The Morgan fingerprint density at radius 2 is 0.917 bits per heavy atom. The average Bonchev–Trinajstić information content (AvgIpc) is 2.64. The van der Waals surface area contributed by atoms with E-state index >= 15 is 0 Å². The molecular formula is C22H18O2. The van der Waals surface area contributed by atoms with Crippen molar-refractivity contribution < 1.29 is 9.59 Å². The Morgan fingerprint density at radius 1 is 0.500 bits per heavy atom. The Balaban J connectivity index is 1.65. The van der Waals surface area contributed by atoms with Crippen molar-refractivity contribution >= 4 is 11.6 Å². The van der Waals surface area contributed by atoms with Gasteiger partial charge in [-0.1, -0.05) is 84.9 Å². The van der Waals surface area contributed by atoms with Gasteiger partial charge >= 0.3 is 0 Å². The molecule has 0 unspecified atom stereocenters. The summed E-state index contributed by atoms with van der Waals surface area (Å²) in [5, 5.41) is 0. The molecule has 0 aromatic heterocycles. The Morgan fingerprint density at radius 3 is 1.46 bits per heavy atom. The summed E-state index contributed by atoms with van der Waals surface area (Å²) in [6.07, 6.45) is 0.736. The number of hydrogen-bond acceptors (Lipinski definition) is 2. The van der Waals surface area contributed by atoms with E-state index in [-0.39, 0.29) is 11.6 Å². The van der Waals surface area contributed by atoms with E-state index in [9.17, 15) is 9.59 Å². The van der Waals surface area contributed by atoms with Crippen molar-refractivity contribution in [3.05, 3.63) is 107 Å². The van der Waals surface area contributed by atoms with Crippen molar-refractivity contribution in [3.8, 4) is 0 Å². The maximum atomic E-state index is 12.3. The highest BCUT2D eigenvalue weighted by Gasteiger charge is 2.09. The topological polar surface area (TPSA) is 34.1 Å². The molecule has 2 nitrogen and oxygen atoms in total. The van der Waals surface area contributed by atoms with Crippen molar-refractivity contribution in [2.24, 2.45) is 0 Å². The average molecular weight is 314 g/mol. The van der Waals surface area contributed by atoms with Gasteiger partial charge in [0, 0.05) is 24.0 Å². The summed E-state index contributed by atoms with van der Waals surface area (Å²) in [7, 11) is 0. The van der Waals surface area contributed by atoms with Crippen molar-refractivity contribution in [2.75, 3.05) is 0 Å². The maximum absolute atomic E-state index is 12.3. The van der Waals surface area contributed by atoms with E-state index in [1.807, 2.05) is 72.8 Å². The number of ketones is 2. The van der Waals surface area contributed by atoms with E-state index in [0.717, 1.165) is 11.1 Å². The van der Waals surface area contributed by atoms with E-state index in [1.54, 1.807) is 12.1 Å². The second-order valence-electron chi connectivity index (χ2n) is 5.75. The van der Waals surface area contributed by atoms with Gasteiger partial charge in [-0.05, 0) is 11.1 Å². The molecule has 0 fully saturated rings. The summed E-state index contributed by atoms with van der Waals surface area (Å²) in [6.45, 7) is 0. The molecule has 2 heteroatoms. The lowest BCUT2D eigenvalue weighted by atomic mass is 9.99. The minimum absolute atomic E-state index is 0.0824. The highest BCUT2D eigenvalue weighted by atomic mass is 16.1. The first-order chi connectivity index (χ1) is 11.7. The standard InChI is InChI=1S/C22H18O2/c23-21(19-9-5-2-6-10-19)16-18-11-13-20(14-12-18)22(24)15-17-7-3-1-4-8-17/h1-14H,15-16H2. The summed E-state index contributed by atoms with van der Waals surface area (Å²) in [5.41, 5.74) is 3.31. The fourth-order valence-electron chi connectivity index (χ4n) is 2.60. The van der Waals surface area contributed by atoms with Gasteiger partial charge in [-0.3, -0.25) is 9.59 Å². The number of carbonyl (C=O) groups excluding carboxylic acids is 2. The Hall–Kier alpha value is -3.00. The fraction of sp³-hybridized carbons (Fsp3) is 0.0909. The van der Waals surface area contributed by atoms with Crippen molar-refractivity contribution in [2.45, 2.75) is 12.8 Å². The molecule has 3 aromatic rings. The predicted molar refractivity (Wildman–Crippen MR) is 95.4 cm³/mol. The molecule has 0 N–H and O–H groups in total. The molecule has 24 heavy (non-hydrogen) atoms. The molecule has 0 spiro atoms. The molecule has 0 radical (unpaired) electrons. The normalized spacial score (nSPS) is 10.3. The van der Waals surface area contributed by atoms with Crippen LogP contribution in [0.15, 0.2) is 84.9 Å². The zero-order valence-corrected chi connectivity index (χ0v) is 13.3. The number of hydrogen-bond donors (Lipinski definition) is 0. The van der Waals surface area contributed by atoms with E-state index in [2.05, 4.69) is 0 Å². The second kappa shape index (κ2) is 7.51. The summed E-state index contributed by atoms with van der Waals surface area (Å²) >= 11 is 0. The second-order valence-corrected chi connectivity index (χ2v) is 5.75. The van der Waals surface area contributed by atoms with Crippen LogP contribution >= 0.6 is 0 Å².